The monoisotopic (exact) mass is 417 g/mol. The Morgan fingerprint density at radius 1 is 1.28 bits per heavy atom. The lowest BCUT2D eigenvalue weighted by Crippen LogP contribution is -2.44. The fourth-order valence-electron chi connectivity index (χ4n) is 3.56. The molecule has 1 atom stereocenters. The van der Waals surface area contributed by atoms with Gasteiger partial charge in [0.2, 0.25) is 11.1 Å². The Bertz CT molecular complexity index is 806. The number of hydrogen-bond acceptors (Lipinski definition) is 6. The average molecular weight is 418 g/mol. The van der Waals surface area contributed by atoms with Gasteiger partial charge < -0.3 is 15.5 Å². The van der Waals surface area contributed by atoms with E-state index in [9.17, 15) is 4.79 Å². The summed E-state index contributed by atoms with van der Waals surface area (Å²) in [5, 5.41) is 8.76. The fraction of sp³-hybridized carbons (Fsp3) is 0.571. The molecule has 0 spiro atoms. The first-order valence-corrected chi connectivity index (χ1v) is 11.3. The zero-order chi connectivity index (χ0) is 20.8. The molecular weight excluding hydrogens is 386 g/mol. The Balaban J connectivity index is 1.53. The van der Waals surface area contributed by atoms with Crippen LogP contribution in [0.15, 0.2) is 29.4 Å². The third-order valence-corrected chi connectivity index (χ3v) is 6.32. The second kappa shape index (κ2) is 10.0. The quantitative estimate of drug-likeness (QED) is 0.522. The van der Waals surface area contributed by atoms with Crippen LogP contribution in [-0.2, 0) is 11.4 Å². The predicted octanol–water partition coefficient (Wildman–Crippen LogP) is 3.58. The lowest BCUT2D eigenvalue weighted by atomic mass is 10.0. The number of amides is 1. The van der Waals surface area contributed by atoms with Gasteiger partial charge in [-0.2, -0.15) is 0 Å². The number of piperidine rings is 1. The van der Waals surface area contributed by atoms with Crippen LogP contribution in [0.2, 0.25) is 0 Å². The second-order valence-electron chi connectivity index (χ2n) is 7.71. The molecule has 0 bridgehead atoms. The number of benzene rings is 1. The number of carbonyl (C=O) groups is 1. The number of likely N-dealkylation sites (tertiary alicyclic amines) is 1. The van der Waals surface area contributed by atoms with Crippen LogP contribution in [0.25, 0.3) is 0 Å². The fourth-order valence-corrected chi connectivity index (χ4v) is 4.32. The molecule has 0 unspecified atom stereocenters. The van der Waals surface area contributed by atoms with Crippen LogP contribution in [0, 0.1) is 0 Å². The predicted molar refractivity (Wildman–Crippen MR) is 115 cm³/mol. The summed E-state index contributed by atoms with van der Waals surface area (Å²) in [5.74, 6) is 8.35. The number of hydrogen-bond donors (Lipinski definition) is 1. The highest BCUT2D eigenvalue weighted by molar-refractivity contribution is 7.99. The topological polar surface area (TPSA) is 86.3 Å². The summed E-state index contributed by atoms with van der Waals surface area (Å²) in [4.78, 5) is 14.6. The van der Waals surface area contributed by atoms with Gasteiger partial charge in [-0.05, 0) is 49.3 Å². The van der Waals surface area contributed by atoms with Gasteiger partial charge in [-0.15, -0.1) is 10.2 Å². The second-order valence-corrected chi connectivity index (χ2v) is 8.66. The SMILES string of the molecule is CC[C@@H]1CCCCN1C(=O)CSc1nnc(COc2ccc(C(C)C)cc2)n1N. The van der Waals surface area contributed by atoms with Crippen molar-refractivity contribution in [1.29, 1.82) is 0 Å². The molecule has 1 fully saturated rings. The molecule has 1 aliphatic rings. The number of nitrogens with zero attached hydrogens (tertiary/aromatic N) is 4. The van der Waals surface area contributed by atoms with E-state index in [0.717, 1.165) is 31.6 Å². The van der Waals surface area contributed by atoms with Crippen molar-refractivity contribution in [3.8, 4) is 5.75 Å². The number of carbonyl (C=O) groups excluding carboxylic acids is 1. The molecule has 29 heavy (non-hydrogen) atoms. The van der Waals surface area contributed by atoms with Crippen LogP contribution in [-0.4, -0.2) is 44.0 Å². The normalized spacial score (nSPS) is 17.0. The summed E-state index contributed by atoms with van der Waals surface area (Å²) in [6.45, 7) is 7.53. The summed E-state index contributed by atoms with van der Waals surface area (Å²) in [6, 6.07) is 8.38. The van der Waals surface area contributed by atoms with Gasteiger partial charge in [-0.25, -0.2) is 4.68 Å². The van der Waals surface area contributed by atoms with Gasteiger partial charge in [0.25, 0.3) is 0 Å². The van der Waals surface area contributed by atoms with Crippen LogP contribution >= 0.6 is 11.8 Å². The number of rotatable bonds is 8. The van der Waals surface area contributed by atoms with Gasteiger partial charge in [-0.1, -0.05) is 44.7 Å². The van der Waals surface area contributed by atoms with E-state index in [-0.39, 0.29) is 12.5 Å². The average Bonchev–Trinajstić information content (AvgIpc) is 3.10. The molecule has 2 heterocycles. The maximum absolute atomic E-state index is 12.6. The molecule has 0 saturated carbocycles. The van der Waals surface area contributed by atoms with E-state index in [0.29, 0.717) is 28.7 Å². The zero-order valence-electron chi connectivity index (χ0n) is 17.5. The minimum atomic E-state index is 0.146. The van der Waals surface area contributed by atoms with Crippen molar-refractivity contribution in [1.82, 2.24) is 19.8 Å². The van der Waals surface area contributed by atoms with Gasteiger partial charge in [-0.3, -0.25) is 4.79 Å². The largest absolute Gasteiger partial charge is 0.486 e. The van der Waals surface area contributed by atoms with Crippen molar-refractivity contribution >= 4 is 17.7 Å². The summed E-state index contributed by atoms with van der Waals surface area (Å²) >= 11 is 1.33. The number of nitrogen functional groups attached to an aromatic ring is 1. The number of ether oxygens (including phenoxy) is 1. The van der Waals surface area contributed by atoms with Crippen molar-refractivity contribution in [2.75, 3.05) is 18.1 Å². The Hall–Kier alpha value is -2.22. The third-order valence-electron chi connectivity index (χ3n) is 5.39. The zero-order valence-corrected chi connectivity index (χ0v) is 18.3. The standard InChI is InChI=1S/C21H31N5O2S/c1-4-17-7-5-6-12-25(17)20(27)14-29-21-24-23-19(26(21)22)13-28-18-10-8-16(9-11-18)15(2)3/h8-11,15,17H,4-7,12-14,22H2,1-3H3/t17-/m1/s1. The highest BCUT2D eigenvalue weighted by Crippen LogP contribution is 2.23. The van der Waals surface area contributed by atoms with Crippen LogP contribution in [0.5, 0.6) is 5.75 Å². The molecule has 0 aliphatic carbocycles. The molecule has 1 aliphatic heterocycles. The van der Waals surface area contributed by atoms with Crippen molar-refractivity contribution in [3.05, 3.63) is 35.7 Å². The molecule has 8 heteroatoms. The van der Waals surface area contributed by atoms with Crippen LogP contribution in [0.1, 0.15) is 63.8 Å². The highest BCUT2D eigenvalue weighted by Gasteiger charge is 2.25. The van der Waals surface area contributed by atoms with Crippen molar-refractivity contribution in [3.63, 3.8) is 0 Å². The Kier molecular flexibility index (Phi) is 7.41. The van der Waals surface area contributed by atoms with Gasteiger partial charge in [0.1, 0.15) is 12.4 Å². The van der Waals surface area contributed by atoms with Crippen molar-refractivity contribution in [2.45, 2.75) is 70.2 Å². The summed E-state index contributed by atoms with van der Waals surface area (Å²) in [5.41, 5.74) is 1.27. The lowest BCUT2D eigenvalue weighted by Gasteiger charge is -2.35. The smallest absolute Gasteiger partial charge is 0.233 e. The number of nitrogens with two attached hydrogens (primary N) is 1. The van der Waals surface area contributed by atoms with Gasteiger partial charge in [0, 0.05) is 12.6 Å². The first-order valence-electron chi connectivity index (χ1n) is 10.3. The number of aromatic nitrogens is 3. The molecule has 1 amide bonds. The molecule has 3 rings (SSSR count). The molecule has 1 aromatic heterocycles. The minimum absolute atomic E-state index is 0.146. The summed E-state index contributed by atoms with van der Waals surface area (Å²) in [7, 11) is 0. The highest BCUT2D eigenvalue weighted by atomic mass is 32.2. The summed E-state index contributed by atoms with van der Waals surface area (Å²) < 4.78 is 7.19. The van der Waals surface area contributed by atoms with E-state index in [2.05, 4.69) is 43.1 Å². The maximum atomic E-state index is 12.6. The molecule has 0 radical (unpaired) electrons. The van der Waals surface area contributed by atoms with Crippen LogP contribution < -0.4 is 10.6 Å². The molecule has 2 aromatic rings. The first kappa shape index (κ1) is 21.5. The first-order chi connectivity index (χ1) is 14.0. The minimum Gasteiger partial charge on any atom is -0.486 e. The van der Waals surface area contributed by atoms with Gasteiger partial charge in [0.05, 0.1) is 5.75 Å². The Morgan fingerprint density at radius 3 is 2.72 bits per heavy atom. The maximum Gasteiger partial charge on any atom is 0.233 e. The van der Waals surface area contributed by atoms with E-state index in [1.807, 2.05) is 17.0 Å². The number of thioether (sulfide) groups is 1. The molecule has 7 nitrogen and oxygen atoms in total. The van der Waals surface area contributed by atoms with Crippen molar-refractivity contribution < 1.29 is 9.53 Å². The van der Waals surface area contributed by atoms with E-state index in [1.165, 1.54) is 28.4 Å². The molecule has 1 saturated heterocycles. The van der Waals surface area contributed by atoms with Crippen LogP contribution in [0.4, 0.5) is 0 Å². The molecule has 2 N–H and O–H groups in total. The molecule has 158 valence electrons. The Morgan fingerprint density at radius 2 is 2.03 bits per heavy atom. The van der Waals surface area contributed by atoms with Crippen LogP contribution in [0.3, 0.4) is 0 Å². The van der Waals surface area contributed by atoms with E-state index in [4.69, 9.17) is 10.6 Å². The van der Waals surface area contributed by atoms with E-state index in [1.54, 1.807) is 0 Å². The third kappa shape index (κ3) is 5.44. The Labute approximate surface area is 177 Å². The van der Waals surface area contributed by atoms with Gasteiger partial charge in [0.15, 0.2) is 5.82 Å². The van der Waals surface area contributed by atoms with Crippen molar-refractivity contribution in [2.24, 2.45) is 0 Å². The van der Waals surface area contributed by atoms with Gasteiger partial charge >= 0.3 is 0 Å². The molecule has 1 aromatic carbocycles. The van der Waals surface area contributed by atoms with E-state index < -0.39 is 0 Å². The molecular formula is C21H31N5O2S. The lowest BCUT2D eigenvalue weighted by molar-refractivity contribution is -0.132. The summed E-state index contributed by atoms with van der Waals surface area (Å²) in [6.07, 6.45) is 4.39. The van der Waals surface area contributed by atoms with E-state index >= 15 is 0 Å².